The average molecular weight is 347 g/mol. The van der Waals surface area contributed by atoms with E-state index in [9.17, 15) is 9.59 Å². The predicted octanol–water partition coefficient (Wildman–Crippen LogP) is 2.23. The third-order valence-electron chi connectivity index (χ3n) is 4.49. The first-order valence-corrected chi connectivity index (χ1v) is 8.77. The van der Waals surface area contributed by atoms with Crippen LogP contribution in [0.2, 0.25) is 0 Å². The fourth-order valence-corrected chi connectivity index (χ4v) is 3.03. The second-order valence-electron chi connectivity index (χ2n) is 7.62. The first-order chi connectivity index (χ1) is 11.7. The first kappa shape index (κ1) is 19.4. The third-order valence-corrected chi connectivity index (χ3v) is 4.49. The molecule has 2 rings (SSSR count). The number of Topliss-reactive ketones (excluding diaryl/α,β-unsaturated/α-hetero) is 1. The molecule has 1 aromatic rings. The van der Waals surface area contributed by atoms with Crippen molar-refractivity contribution in [3.05, 3.63) is 35.9 Å². The van der Waals surface area contributed by atoms with E-state index in [-0.39, 0.29) is 17.8 Å². The molecule has 1 unspecified atom stereocenters. The number of piperidine rings is 1. The monoisotopic (exact) mass is 347 g/mol. The van der Waals surface area contributed by atoms with Crippen LogP contribution < -0.4 is 11.5 Å². The number of hydrogen-bond donors (Lipinski definition) is 2. The molecule has 25 heavy (non-hydrogen) atoms. The second kappa shape index (κ2) is 7.97. The molecular weight excluding hydrogens is 318 g/mol. The van der Waals surface area contributed by atoms with Crippen LogP contribution in [0.5, 0.6) is 0 Å². The number of nitrogens with two attached hydrogens (primary N) is 2. The Hall–Kier alpha value is -1.92. The summed E-state index contributed by atoms with van der Waals surface area (Å²) in [6.45, 7) is 6.62. The van der Waals surface area contributed by atoms with Crippen molar-refractivity contribution in [3.8, 4) is 0 Å². The molecule has 0 aromatic heterocycles. The maximum absolute atomic E-state index is 12.6. The van der Waals surface area contributed by atoms with Crippen LogP contribution >= 0.6 is 0 Å². The molecule has 0 aliphatic carbocycles. The molecule has 1 amide bonds. The van der Waals surface area contributed by atoms with Gasteiger partial charge in [-0.2, -0.15) is 0 Å². The van der Waals surface area contributed by atoms with Gasteiger partial charge in [0.15, 0.2) is 5.78 Å². The molecule has 0 saturated carbocycles. The van der Waals surface area contributed by atoms with E-state index in [0.29, 0.717) is 25.9 Å². The minimum atomic E-state index is -0.708. The minimum Gasteiger partial charge on any atom is -0.444 e. The van der Waals surface area contributed by atoms with Gasteiger partial charge < -0.3 is 21.1 Å². The summed E-state index contributed by atoms with van der Waals surface area (Å²) in [5, 5.41) is 0. The average Bonchev–Trinajstić information content (AvgIpc) is 2.59. The smallest absolute Gasteiger partial charge is 0.410 e. The van der Waals surface area contributed by atoms with E-state index >= 15 is 0 Å². The van der Waals surface area contributed by atoms with Gasteiger partial charge in [-0.15, -0.1) is 0 Å². The van der Waals surface area contributed by atoms with Gasteiger partial charge in [-0.1, -0.05) is 30.3 Å². The normalized spacial score (nSPS) is 18.5. The van der Waals surface area contributed by atoms with Gasteiger partial charge in [0, 0.05) is 13.1 Å². The second-order valence-corrected chi connectivity index (χ2v) is 7.62. The zero-order chi connectivity index (χ0) is 18.6. The van der Waals surface area contributed by atoms with Crippen LogP contribution in [0.15, 0.2) is 30.3 Å². The molecule has 2 atom stereocenters. The van der Waals surface area contributed by atoms with Crippen LogP contribution in [-0.4, -0.2) is 41.5 Å². The van der Waals surface area contributed by atoms with Gasteiger partial charge >= 0.3 is 6.09 Å². The van der Waals surface area contributed by atoms with Gasteiger partial charge in [0.1, 0.15) is 5.60 Å². The number of rotatable bonds is 4. The maximum atomic E-state index is 12.6. The molecule has 6 heteroatoms. The fraction of sp³-hybridized carbons (Fsp3) is 0.579. The Kier molecular flexibility index (Phi) is 6.19. The minimum absolute atomic E-state index is 0.0287. The van der Waals surface area contributed by atoms with Crippen LogP contribution in [0.4, 0.5) is 4.79 Å². The van der Waals surface area contributed by atoms with E-state index in [2.05, 4.69) is 0 Å². The SMILES string of the molecule is CC(C)(C)OC(=O)N1CCC(C(N)C(=O)[C@H](N)c2ccccc2)CC1. The summed E-state index contributed by atoms with van der Waals surface area (Å²) in [7, 11) is 0. The van der Waals surface area contributed by atoms with E-state index in [1.54, 1.807) is 4.90 Å². The standard InChI is InChI=1S/C19H29N3O3/c1-19(2,3)25-18(24)22-11-9-14(10-12-22)16(21)17(23)15(20)13-7-5-4-6-8-13/h4-8,14-16H,9-12,20-21H2,1-3H3/t15-,16?/m1/s1. The molecule has 0 spiro atoms. The number of benzene rings is 1. The van der Waals surface area contributed by atoms with Crippen molar-refractivity contribution in [2.24, 2.45) is 17.4 Å². The number of hydrogen-bond acceptors (Lipinski definition) is 5. The fourth-order valence-electron chi connectivity index (χ4n) is 3.03. The van der Waals surface area contributed by atoms with Gasteiger partial charge in [-0.3, -0.25) is 4.79 Å². The molecule has 138 valence electrons. The van der Waals surface area contributed by atoms with Gasteiger partial charge in [0.2, 0.25) is 0 Å². The lowest BCUT2D eigenvalue weighted by atomic mass is 9.84. The quantitative estimate of drug-likeness (QED) is 0.870. The molecule has 1 aliphatic heterocycles. The molecule has 0 bridgehead atoms. The summed E-state index contributed by atoms with van der Waals surface area (Å²) in [5.74, 6) is -0.122. The highest BCUT2D eigenvalue weighted by Crippen LogP contribution is 2.24. The van der Waals surface area contributed by atoms with Gasteiger partial charge in [0.25, 0.3) is 0 Å². The number of nitrogens with zero attached hydrogens (tertiary/aromatic N) is 1. The first-order valence-electron chi connectivity index (χ1n) is 8.77. The van der Waals surface area contributed by atoms with Crippen molar-refractivity contribution in [1.29, 1.82) is 0 Å². The van der Waals surface area contributed by atoms with Crippen LogP contribution in [0.25, 0.3) is 0 Å². The summed E-state index contributed by atoms with van der Waals surface area (Å²) < 4.78 is 5.39. The van der Waals surface area contributed by atoms with Gasteiger partial charge in [-0.25, -0.2) is 4.79 Å². The Morgan fingerprint density at radius 1 is 1.12 bits per heavy atom. The summed E-state index contributed by atoms with van der Waals surface area (Å²) >= 11 is 0. The van der Waals surface area contributed by atoms with Crippen molar-refractivity contribution in [2.45, 2.75) is 51.3 Å². The number of ether oxygens (including phenoxy) is 1. The number of ketones is 1. The highest BCUT2D eigenvalue weighted by Gasteiger charge is 2.33. The van der Waals surface area contributed by atoms with Crippen LogP contribution in [0.1, 0.15) is 45.2 Å². The Morgan fingerprint density at radius 3 is 2.20 bits per heavy atom. The van der Waals surface area contributed by atoms with Crippen LogP contribution in [0, 0.1) is 5.92 Å². The zero-order valence-electron chi connectivity index (χ0n) is 15.3. The van der Waals surface area contributed by atoms with E-state index in [1.165, 1.54) is 0 Å². The van der Waals surface area contributed by atoms with E-state index in [0.717, 1.165) is 5.56 Å². The van der Waals surface area contributed by atoms with E-state index in [1.807, 2.05) is 51.1 Å². The Bertz CT molecular complexity index is 590. The maximum Gasteiger partial charge on any atom is 0.410 e. The highest BCUT2D eigenvalue weighted by molar-refractivity contribution is 5.90. The lowest BCUT2D eigenvalue weighted by molar-refractivity contribution is -0.123. The molecule has 1 heterocycles. The molecule has 1 fully saturated rings. The Morgan fingerprint density at radius 2 is 1.68 bits per heavy atom. The molecule has 1 aliphatic rings. The van der Waals surface area contributed by atoms with E-state index in [4.69, 9.17) is 16.2 Å². The van der Waals surface area contributed by atoms with E-state index < -0.39 is 17.7 Å². The Labute approximate surface area is 149 Å². The van der Waals surface area contributed by atoms with Crippen molar-refractivity contribution in [2.75, 3.05) is 13.1 Å². The molecule has 0 radical (unpaired) electrons. The van der Waals surface area contributed by atoms with Gasteiger partial charge in [-0.05, 0) is 45.1 Å². The molecule has 1 saturated heterocycles. The lowest BCUT2D eigenvalue weighted by Gasteiger charge is -2.35. The predicted molar refractivity (Wildman–Crippen MR) is 96.9 cm³/mol. The molecule has 6 nitrogen and oxygen atoms in total. The number of carbonyl (C=O) groups excluding carboxylic acids is 2. The highest BCUT2D eigenvalue weighted by atomic mass is 16.6. The largest absolute Gasteiger partial charge is 0.444 e. The number of likely N-dealkylation sites (tertiary alicyclic amines) is 1. The Balaban J connectivity index is 1.89. The van der Waals surface area contributed by atoms with Crippen molar-refractivity contribution < 1.29 is 14.3 Å². The summed E-state index contributed by atoms with van der Waals surface area (Å²) in [4.78, 5) is 26.4. The topological polar surface area (TPSA) is 98.6 Å². The van der Waals surface area contributed by atoms with Crippen molar-refractivity contribution in [1.82, 2.24) is 4.90 Å². The van der Waals surface area contributed by atoms with Crippen molar-refractivity contribution in [3.63, 3.8) is 0 Å². The summed E-state index contributed by atoms with van der Waals surface area (Å²) in [6, 6.07) is 7.94. The summed E-state index contributed by atoms with van der Waals surface area (Å²) in [5.41, 5.74) is 12.5. The lowest BCUT2D eigenvalue weighted by Crippen LogP contribution is -2.49. The number of carbonyl (C=O) groups is 2. The molecule has 4 N–H and O–H groups in total. The zero-order valence-corrected chi connectivity index (χ0v) is 15.3. The summed E-state index contributed by atoms with van der Waals surface area (Å²) in [6.07, 6.45) is 1.04. The third kappa shape index (κ3) is 5.28. The van der Waals surface area contributed by atoms with Crippen molar-refractivity contribution >= 4 is 11.9 Å². The van der Waals surface area contributed by atoms with Crippen LogP contribution in [-0.2, 0) is 9.53 Å². The van der Waals surface area contributed by atoms with Gasteiger partial charge in [0.05, 0.1) is 12.1 Å². The molecular formula is C19H29N3O3. The number of amides is 1. The molecule has 1 aromatic carbocycles. The van der Waals surface area contributed by atoms with Crippen LogP contribution in [0.3, 0.4) is 0 Å².